The van der Waals surface area contributed by atoms with Crippen molar-refractivity contribution in [1.29, 1.82) is 0 Å². The molecule has 0 aromatic carbocycles. The molecule has 2 atom stereocenters. The summed E-state index contributed by atoms with van der Waals surface area (Å²) in [5.74, 6) is 1.74. The Bertz CT molecular complexity index is 312. The molecule has 0 amide bonds. The zero-order valence-corrected chi connectivity index (χ0v) is 12.3. The summed E-state index contributed by atoms with van der Waals surface area (Å²) in [5, 5.41) is 7.16. The van der Waals surface area contributed by atoms with Crippen molar-refractivity contribution in [2.75, 3.05) is 13.1 Å². The quantitative estimate of drug-likeness (QED) is 0.210. The maximum absolute atomic E-state index is 8.22. The predicted molar refractivity (Wildman–Crippen MR) is 81.2 cm³/mol. The number of rotatable bonds is 10. The highest BCUT2D eigenvalue weighted by atomic mass is 15.1. The predicted octanol–water partition coefficient (Wildman–Crippen LogP) is 5.75. The van der Waals surface area contributed by atoms with Crippen LogP contribution < -0.4 is 0 Å². The summed E-state index contributed by atoms with van der Waals surface area (Å²) in [7, 11) is 0. The zero-order valence-electron chi connectivity index (χ0n) is 12.3. The van der Waals surface area contributed by atoms with Crippen LogP contribution in [-0.2, 0) is 0 Å². The lowest BCUT2D eigenvalue weighted by Crippen LogP contribution is -2.15. The Kier molecular flexibility index (Phi) is 9.54. The van der Waals surface area contributed by atoms with Gasteiger partial charge in [0.1, 0.15) is 0 Å². The van der Waals surface area contributed by atoms with Crippen LogP contribution in [0, 0.1) is 11.8 Å². The number of azide groups is 2. The Labute approximate surface area is 121 Å². The summed E-state index contributed by atoms with van der Waals surface area (Å²) in [6, 6.07) is 0. The fourth-order valence-corrected chi connectivity index (χ4v) is 3.25. The highest BCUT2D eigenvalue weighted by molar-refractivity contribution is 4.73. The van der Waals surface area contributed by atoms with Crippen LogP contribution in [0.5, 0.6) is 0 Å². The maximum atomic E-state index is 8.22. The second-order valence-electron chi connectivity index (χ2n) is 5.80. The minimum absolute atomic E-state index is 0.645. The van der Waals surface area contributed by atoms with E-state index in [9.17, 15) is 0 Å². The lowest BCUT2D eigenvalue weighted by molar-refractivity contribution is 0.236. The molecule has 1 rings (SSSR count). The molecule has 0 heterocycles. The number of unbranched alkanes of at least 4 members (excludes halogenated alkanes) is 2. The topological polar surface area (TPSA) is 97.5 Å². The molecule has 6 heteroatoms. The number of nitrogens with zero attached hydrogens (tertiary/aromatic N) is 6. The van der Waals surface area contributed by atoms with Crippen molar-refractivity contribution in [3.05, 3.63) is 20.9 Å². The molecule has 0 spiro atoms. The summed E-state index contributed by atoms with van der Waals surface area (Å²) in [6.07, 6.45) is 12.5. The van der Waals surface area contributed by atoms with E-state index >= 15 is 0 Å². The molecule has 0 aliphatic heterocycles. The molecule has 0 saturated heterocycles. The van der Waals surface area contributed by atoms with Crippen LogP contribution in [0.3, 0.4) is 0 Å². The molecular weight excluding hydrogens is 252 g/mol. The van der Waals surface area contributed by atoms with Crippen LogP contribution in [-0.4, -0.2) is 13.1 Å². The Balaban J connectivity index is 2.08. The van der Waals surface area contributed by atoms with Gasteiger partial charge in [0, 0.05) is 22.9 Å². The third kappa shape index (κ3) is 7.93. The van der Waals surface area contributed by atoms with E-state index in [1.54, 1.807) is 0 Å². The molecule has 2 unspecified atom stereocenters. The molecule has 1 aliphatic carbocycles. The first-order valence-corrected chi connectivity index (χ1v) is 7.88. The van der Waals surface area contributed by atoms with Gasteiger partial charge in [0.2, 0.25) is 0 Å². The number of hydrogen-bond acceptors (Lipinski definition) is 2. The molecule has 1 saturated carbocycles. The fraction of sp³-hybridized carbons (Fsp3) is 1.00. The normalized spacial score (nSPS) is 21.8. The first-order valence-electron chi connectivity index (χ1n) is 7.88. The number of hydrogen-bond donors (Lipinski definition) is 0. The Morgan fingerprint density at radius 3 is 1.75 bits per heavy atom. The van der Waals surface area contributed by atoms with E-state index in [4.69, 9.17) is 11.1 Å². The summed E-state index contributed by atoms with van der Waals surface area (Å²) >= 11 is 0. The lowest BCUT2D eigenvalue weighted by Gasteiger charge is -2.29. The summed E-state index contributed by atoms with van der Waals surface area (Å²) < 4.78 is 0. The second kappa shape index (κ2) is 11.4. The molecule has 0 N–H and O–H groups in total. The van der Waals surface area contributed by atoms with E-state index < -0.39 is 0 Å². The highest BCUT2D eigenvalue weighted by Crippen LogP contribution is 2.34. The minimum Gasteiger partial charge on any atom is -0.0940 e. The van der Waals surface area contributed by atoms with E-state index in [2.05, 4.69) is 20.1 Å². The van der Waals surface area contributed by atoms with Gasteiger partial charge in [-0.2, -0.15) is 0 Å². The average molecular weight is 278 g/mol. The molecular formula is C14H26N6. The van der Waals surface area contributed by atoms with Gasteiger partial charge in [-0.05, 0) is 42.2 Å². The van der Waals surface area contributed by atoms with Gasteiger partial charge in [0.25, 0.3) is 0 Å². The van der Waals surface area contributed by atoms with Gasteiger partial charge in [-0.1, -0.05) is 55.2 Å². The van der Waals surface area contributed by atoms with Gasteiger partial charge in [0.05, 0.1) is 0 Å². The van der Waals surface area contributed by atoms with E-state index in [1.165, 1.54) is 51.4 Å². The van der Waals surface area contributed by atoms with Crippen molar-refractivity contribution in [2.45, 2.75) is 64.2 Å². The average Bonchev–Trinajstić information content (AvgIpc) is 2.47. The molecule has 0 aromatic heterocycles. The van der Waals surface area contributed by atoms with Crippen LogP contribution in [0.4, 0.5) is 0 Å². The SMILES string of the molecule is [N-]=[N+]=NCCCCC1CCCC(CCCCN=[N+]=[N-])C1. The zero-order chi connectivity index (χ0) is 14.5. The van der Waals surface area contributed by atoms with Crippen molar-refractivity contribution < 1.29 is 0 Å². The van der Waals surface area contributed by atoms with Crippen LogP contribution >= 0.6 is 0 Å². The standard InChI is InChI=1S/C14H26N6/c15-19-17-10-3-1-6-13-8-5-9-14(12-13)7-2-4-11-18-20-16/h13-14H,1-12H2. The molecule has 6 nitrogen and oxygen atoms in total. The third-order valence-electron chi connectivity index (χ3n) is 4.26. The Morgan fingerprint density at radius 2 is 1.30 bits per heavy atom. The molecule has 20 heavy (non-hydrogen) atoms. The molecule has 0 radical (unpaired) electrons. The third-order valence-corrected chi connectivity index (χ3v) is 4.26. The molecule has 1 fully saturated rings. The monoisotopic (exact) mass is 278 g/mol. The van der Waals surface area contributed by atoms with Crippen LogP contribution in [0.2, 0.25) is 0 Å². The van der Waals surface area contributed by atoms with Gasteiger partial charge in [0.15, 0.2) is 0 Å². The van der Waals surface area contributed by atoms with Gasteiger partial charge >= 0.3 is 0 Å². The smallest absolute Gasteiger partial charge is 0.0257 e. The van der Waals surface area contributed by atoms with Crippen molar-refractivity contribution >= 4 is 0 Å². The second-order valence-corrected chi connectivity index (χ2v) is 5.80. The fourth-order valence-electron chi connectivity index (χ4n) is 3.25. The Morgan fingerprint density at radius 1 is 0.800 bits per heavy atom. The van der Waals surface area contributed by atoms with E-state index in [0.29, 0.717) is 13.1 Å². The first kappa shape index (κ1) is 16.7. The van der Waals surface area contributed by atoms with Crippen LogP contribution in [0.25, 0.3) is 20.9 Å². The molecule has 0 aromatic rings. The Hall–Kier alpha value is -1.38. The van der Waals surface area contributed by atoms with Crippen molar-refractivity contribution in [1.82, 2.24) is 0 Å². The van der Waals surface area contributed by atoms with E-state index in [-0.39, 0.29) is 0 Å². The summed E-state index contributed by atoms with van der Waals surface area (Å²) in [4.78, 5) is 5.56. The first-order chi connectivity index (χ1) is 9.86. The van der Waals surface area contributed by atoms with Crippen LogP contribution in [0.1, 0.15) is 64.2 Å². The maximum Gasteiger partial charge on any atom is 0.0257 e. The lowest BCUT2D eigenvalue weighted by atomic mass is 9.77. The molecule has 1 aliphatic rings. The summed E-state index contributed by atoms with van der Waals surface area (Å²) in [6.45, 7) is 1.29. The van der Waals surface area contributed by atoms with Gasteiger partial charge < -0.3 is 0 Å². The van der Waals surface area contributed by atoms with Crippen molar-refractivity contribution in [3.8, 4) is 0 Å². The van der Waals surface area contributed by atoms with Crippen LogP contribution in [0.15, 0.2) is 10.2 Å². The van der Waals surface area contributed by atoms with Gasteiger partial charge in [-0.25, -0.2) is 0 Å². The minimum atomic E-state index is 0.645. The van der Waals surface area contributed by atoms with Gasteiger partial charge in [-0.3, -0.25) is 0 Å². The molecule has 112 valence electrons. The van der Waals surface area contributed by atoms with E-state index in [1.807, 2.05) is 0 Å². The largest absolute Gasteiger partial charge is 0.0940 e. The van der Waals surface area contributed by atoms with E-state index in [0.717, 1.165) is 24.7 Å². The van der Waals surface area contributed by atoms with Crippen molar-refractivity contribution in [3.63, 3.8) is 0 Å². The van der Waals surface area contributed by atoms with Crippen molar-refractivity contribution in [2.24, 2.45) is 22.1 Å². The highest BCUT2D eigenvalue weighted by Gasteiger charge is 2.20. The summed E-state index contributed by atoms with van der Waals surface area (Å²) in [5.41, 5.74) is 16.4. The molecule has 0 bridgehead atoms. The van der Waals surface area contributed by atoms with Gasteiger partial charge in [-0.15, -0.1) is 0 Å².